The van der Waals surface area contributed by atoms with E-state index in [4.69, 9.17) is 0 Å². The first kappa shape index (κ1) is 19.2. The number of rotatable bonds is 4. The van der Waals surface area contributed by atoms with Gasteiger partial charge in [0.25, 0.3) is 0 Å². The molecule has 29 heavy (non-hydrogen) atoms. The van der Waals surface area contributed by atoms with Gasteiger partial charge in [0.15, 0.2) is 5.78 Å². The van der Waals surface area contributed by atoms with Crippen LogP contribution in [0.25, 0.3) is 5.69 Å². The van der Waals surface area contributed by atoms with Gasteiger partial charge in [-0.15, -0.1) is 0 Å². The Balaban J connectivity index is 1.46. The minimum atomic E-state index is 0.104. The number of carbonyl (C=O) groups excluding carboxylic acids is 1. The molecule has 1 aliphatic heterocycles. The lowest BCUT2D eigenvalue weighted by Crippen LogP contribution is -2.19. The Kier molecular flexibility index (Phi) is 6.19. The predicted octanol–water partition coefficient (Wildman–Crippen LogP) is 4.04. The highest BCUT2D eigenvalue weighted by Crippen LogP contribution is 2.15. The van der Waals surface area contributed by atoms with Crippen LogP contribution in [0.5, 0.6) is 0 Å². The molecule has 4 nitrogen and oxygen atoms in total. The number of ketones is 1. The molecule has 1 N–H and O–H groups in total. The lowest BCUT2D eigenvalue weighted by molar-refractivity contribution is 0.0993. The van der Waals surface area contributed by atoms with Crippen LogP contribution in [0.3, 0.4) is 0 Å². The fourth-order valence-corrected chi connectivity index (χ4v) is 3.62. The predicted molar refractivity (Wildman–Crippen MR) is 115 cm³/mol. The second kappa shape index (κ2) is 9.36. The summed E-state index contributed by atoms with van der Waals surface area (Å²) < 4.78 is 1.94. The fraction of sp³-hybridized carbons (Fsp3) is 0.280. The molecule has 2 aromatic carbocycles. The van der Waals surface area contributed by atoms with E-state index in [1.54, 1.807) is 12.5 Å². The minimum Gasteiger partial charge on any atom is -0.316 e. The van der Waals surface area contributed by atoms with Gasteiger partial charge >= 0.3 is 0 Å². The highest BCUT2D eigenvalue weighted by Gasteiger charge is 2.10. The molecule has 1 aliphatic rings. The van der Waals surface area contributed by atoms with Crippen molar-refractivity contribution in [2.75, 3.05) is 13.1 Å². The summed E-state index contributed by atoms with van der Waals surface area (Å²) in [6, 6.07) is 15.7. The van der Waals surface area contributed by atoms with Crippen LogP contribution in [0.15, 0.2) is 67.3 Å². The molecule has 0 amide bonds. The highest BCUT2D eigenvalue weighted by atomic mass is 16.1. The lowest BCUT2D eigenvalue weighted by atomic mass is 10.00. The number of hydrogen-bond acceptors (Lipinski definition) is 3. The summed E-state index contributed by atoms with van der Waals surface area (Å²) in [5.41, 5.74) is 3.61. The monoisotopic (exact) mass is 383 g/mol. The van der Waals surface area contributed by atoms with Crippen molar-refractivity contribution in [3.63, 3.8) is 0 Å². The Morgan fingerprint density at radius 3 is 3.00 bits per heavy atom. The van der Waals surface area contributed by atoms with Crippen molar-refractivity contribution in [3.8, 4) is 17.5 Å². The molecule has 1 fully saturated rings. The van der Waals surface area contributed by atoms with Gasteiger partial charge in [-0.05, 0) is 49.2 Å². The third-order valence-corrected chi connectivity index (χ3v) is 5.23. The number of carbonyl (C=O) groups is 1. The van der Waals surface area contributed by atoms with E-state index in [-0.39, 0.29) is 5.78 Å². The summed E-state index contributed by atoms with van der Waals surface area (Å²) in [7, 11) is 0. The van der Waals surface area contributed by atoms with Gasteiger partial charge in [-0.2, -0.15) is 0 Å². The van der Waals surface area contributed by atoms with Crippen molar-refractivity contribution < 1.29 is 4.79 Å². The van der Waals surface area contributed by atoms with E-state index in [0.717, 1.165) is 36.3 Å². The summed E-state index contributed by atoms with van der Waals surface area (Å²) in [6.45, 7) is 2.04. The molecule has 1 saturated heterocycles. The molecule has 3 aromatic rings. The number of hydrogen-bond donors (Lipinski definition) is 1. The molecule has 2 heterocycles. The van der Waals surface area contributed by atoms with E-state index < -0.39 is 0 Å². The van der Waals surface area contributed by atoms with Gasteiger partial charge in [0, 0.05) is 48.1 Å². The number of imidazole rings is 1. The van der Waals surface area contributed by atoms with Gasteiger partial charge < -0.3 is 9.88 Å². The number of Topliss-reactive ketones (excluding diaryl/α,β-unsaturated/α-hetero) is 1. The van der Waals surface area contributed by atoms with Crippen LogP contribution in [0.1, 0.15) is 40.7 Å². The van der Waals surface area contributed by atoms with Crippen molar-refractivity contribution in [1.82, 2.24) is 14.9 Å². The zero-order valence-electron chi connectivity index (χ0n) is 16.5. The molecular weight excluding hydrogens is 358 g/mol. The summed E-state index contributed by atoms with van der Waals surface area (Å²) in [4.78, 5) is 16.9. The minimum absolute atomic E-state index is 0.104. The van der Waals surface area contributed by atoms with Crippen LogP contribution >= 0.6 is 0 Å². The van der Waals surface area contributed by atoms with Crippen molar-refractivity contribution in [1.29, 1.82) is 0 Å². The maximum absolute atomic E-state index is 12.8. The quantitative estimate of drug-likeness (QED) is 0.546. The average molecular weight is 383 g/mol. The molecule has 0 radical (unpaired) electrons. The van der Waals surface area contributed by atoms with Crippen molar-refractivity contribution >= 4 is 5.78 Å². The number of nitrogens with zero attached hydrogens (tertiary/aromatic N) is 2. The maximum Gasteiger partial charge on any atom is 0.167 e. The van der Waals surface area contributed by atoms with Crippen molar-refractivity contribution in [2.24, 2.45) is 5.92 Å². The Morgan fingerprint density at radius 1 is 1.17 bits per heavy atom. The molecular formula is C25H25N3O. The zero-order valence-corrected chi connectivity index (χ0v) is 16.5. The van der Waals surface area contributed by atoms with Gasteiger partial charge in [-0.3, -0.25) is 4.79 Å². The second-order valence-electron chi connectivity index (χ2n) is 7.49. The zero-order chi connectivity index (χ0) is 19.9. The van der Waals surface area contributed by atoms with Gasteiger partial charge in [0.05, 0.1) is 6.33 Å². The van der Waals surface area contributed by atoms with E-state index in [1.807, 2.05) is 59.3 Å². The molecule has 0 bridgehead atoms. The molecule has 1 unspecified atom stereocenters. The summed E-state index contributed by atoms with van der Waals surface area (Å²) in [6.07, 6.45) is 9.36. The van der Waals surface area contributed by atoms with E-state index >= 15 is 0 Å². The van der Waals surface area contributed by atoms with Gasteiger partial charge in [-0.25, -0.2) is 4.98 Å². The Bertz CT molecular complexity index is 1020. The highest BCUT2D eigenvalue weighted by molar-refractivity contribution is 5.97. The summed E-state index contributed by atoms with van der Waals surface area (Å²) >= 11 is 0. The molecule has 0 spiro atoms. The van der Waals surface area contributed by atoms with E-state index in [2.05, 4.69) is 22.1 Å². The first-order valence-electron chi connectivity index (χ1n) is 10.2. The standard InChI is InChI=1S/C25H25N3O/c29-25(17-22-7-4-9-24(16-22)28-14-13-27-19-28)23-8-3-6-20(15-23)10-11-21-5-1-2-12-26-18-21/h3-4,6-9,13-16,19,21,26H,1-2,5,12,17-18H2. The molecule has 1 atom stereocenters. The van der Waals surface area contributed by atoms with Crippen LogP contribution in [0, 0.1) is 17.8 Å². The fourth-order valence-electron chi connectivity index (χ4n) is 3.62. The first-order valence-corrected chi connectivity index (χ1v) is 10.2. The third-order valence-electron chi connectivity index (χ3n) is 5.23. The summed E-state index contributed by atoms with van der Waals surface area (Å²) in [5, 5.41) is 3.44. The largest absolute Gasteiger partial charge is 0.316 e. The van der Waals surface area contributed by atoms with Crippen molar-refractivity contribution in [3.05, 3.63) is 83.9 Å². The molecule has 4 rings (SSSR count). The Labute approximate surface area is 172 Å². The molecule has 146 valence electrons. The summed E-state index contributed by atoms with van der Waals surface area (Å²) in [5.74, 6) is 7.16. The molecule has 4 heteroatoms. The van der Waals surface area contributed by atoms with Crippen LogP contribution in [-0.4, -0.2) is 28.4 Å². The number of benzene rings is 2. The number of aromatic nitrogens is 2. The number of nitrogens with one attached hydrogen (secondary N) is 1. The molecule has 0 aliphatic carbocycles. The Hall–Kier alpha value is -3.16. The topological polar surface area (TPSA) is 46.9 Å². The Morgan fingerprint density at radius 2 is 2.10 bits per heavy atom. The van der Waals surface area contributed by atoms with Crippen LogP contribution in [0.4, 0.5) is 0 Å². The normalized spacial score (nSPS) is 16.5. The van der Waals surface area contributed by atoms with Crippen LogP contribution in [-0.2, 0) is 6.42 Å². The van der Waals surface area contributed by atoms with E-state index in [1.165, 1.54) is 12.8 Å². The first-order chi connectivity index (χ1) is 14.3. The maximum atomic E-state index is 12.8. The average Bonchev–Trinajstić information content (AvgIpc) is 3.17. The third kappa shape index (κ3) is 5.22. The second-order valence-corrected chi connectivity index (χ2v) is 7.49. The van der Waals surface area contributed by atoms with Gasteiger partial charge in [-0.1, -0.05) is 42.5 Å². The SMILES string of the molecule is O=C(Cc1cccc(-n2ccnc2)c1)c1cccc(C#CC2CCCCNC2)c1. The van der Waals surface area contributed by atoms with Gasteiger partial charge in [0.1, 0.15) is 0 Å². The molecule has 0 saturated carbocycles. The van der Waals surface area contributed by atoms with Crippen LogP contribution in [0.2, 0.25) is 0 Å². The molecule has 1 aromatic heterocycles. The van der Waals surface area contributed by atoms with Crippen molar-refractivity contribution in [2.45, 2.75) is 25.7 Å². The van der Waals surface area contributed by atoms with Gasteiger partial charge in [0.2, 0.25) is 0 Å². The lowest BCUT2D eigenvalue weighted by Gasteiger charge is -2.07. The smallest absolute Gasteiger partial charge is 0.167 e. The van der Waals surface area contributed by atoms with Crippen LogP contribution < -0.4 is 5.32 Å². The van der Waals surface area contributed by atoms with E-state index in [0.29, 0.717) is 17.9 Å². The van der Waals surface area contributed by atoms with E-state index in [9.17, 15) is 4.79 Å².